The Hall–Kier alpha value is -3.97. The molecule has 1 N–H and O–H groups in total. The quantitative estimate of drug-likeness (QED) is 0.406. The van der Waals surface area contributed by atoms with Gasteiger partial charge in [0.15, 0.2) is 0 Å². The molecule has 2 saturated heterocycles. The lowest BCUT2D eigenvalue weighted by Gasteiger charge is -2.45. The van der Waals surface area contributed by atoms with Crippen LogP contribution in [-0.4, -0.2) is 52.9 Å². The number of carbonyl (C=O) groups excluding carboxylic acids is 3. The van der Waals surface area contributed by atoms with E-state index in [0.29, 0.717) is 25.8 Å². The Morgan fingerprint density at radius 3 is 2.05 bits per heavy atom. The van der Waals surface area contributed by atoms with Crippen LogP contribution in [0.4, 0.5) is 0 Å². The molecule has 2 aliphatic rings. The van der Waals surface area contributed by atoms with Crippen LogP contribution in [-0.2, 0) is 32.1 Å². The zero-order valence-corrected chi connectivity index (χ0v) is 23.3. The maximum Gasteiger partial charge on any atom is 0.313 e. The van der Waals surface area contributed by atoms with Crippen LogP contribution in [0, 0.1) is 5.41 Å². The van der Waals surface area contributed by atoms with Gasteiger partial charge in [0.1, 0.15) is 12.1 Å². The van der Waals surface area contributed by atoms with E-state index >= 15 is 0 Å². The van der Waals surface area contributed by atoms with Gasteiger partial charge in [-0.25, -0.2) is 0 Å². The lowest BCUT2D eigenvalue weighted by molar-refractivity contribution is -0.163. The van der Waals surface area contributed by atoms with Gasteiger partial charge < -0.3 is 14.5 Å². The third kappa shape index (κ3) is 5.39. The number of methoxy groups -OCH3 is 1. The monoisotopic (exact) mass is 539 g/mol. The Morgan fingerprint density at radius 2 is 1.45 bits per heavy atom. The molecule has 0 spiro atoms. The highest BCUT2D eigenvalue weighted by Crippen LogP contribution is 2.39. The number of esters is 1. The number of ether oxygens (including phenoxy) is 1. The zero-order valence-electron chi connectivity index (χ0n) is 23.3. The van der Waals surface area contributed by atoms with Gasteiger partial charge in [-0.3, -0.25) is 19.7 Å². The average molecular weight is 540 g/mol. The van der Waals surface area contributed by atoms with Crippen LogP contribution in [0.2, 0.25) is 0 Å². The van der Waals surface area contributed by atoms with Crippen LogP contribution < -0.4 is 5.32 Å². The van der Waals surface area contributed by atoms with E-state index in [9.17, 15) is 14.4 Å². The number of rotatable bonds is 9. The molecule has 0 unspecified atom stereocenters. The molecule has 7 heteroatoms. The van der Waals surface area contributed by atoms with Crippen LogP contribution in [0.15, 0.2) is 91.0 Å². The summed E-state index contributed by atoms with van der Waals surface area (Å²) < 4.78 is 5.16. The Labute approximate surface area is 236 Å². The number of benzene rings is 3. The molecular weight excluding hydrogens is 502 g/mol. The predicted octanol–water partition coefficient (Wildman–Crippen LogP) is 4.49. The topological polar surface area (TPSA) is 79.0 Å². The number of hydrogen-bond donors (Lipinski definition) is 1. The van der Waals surface area contributed by atoms with Gasteiger partial charge in [-0.2, -0.15) is 0 Å². The van der Waals surface area contributed by atoms with Crippen molar-refractivity contribution < 1.29 is 19.1 Å². The molecule has 2 heterocycles. The van der Waals surface area contributed by atoms with Gasteiger partial charge in [-0.15, -0.1) is 0 Å². The second kappa shape index (κ2) is 11.6. The van der Waals surface area contributed by atoms with Gasteiger partial charge in [0.2, 0.25) is 11.8 Å². The molecule has 40 heavy (non-hydrogen) atoms. The molecule has 5 rings (SSSR count). The van der Waals surface area contributed by atoms with Crippen molar-refractivity contribution in [3.63, 3.8) is 0 Å². The zero-order chi connectivity index (χ0) is 28.3. The molecule has 0 bridgehead atoms. The van der Waals surface area contributed by atoms with Crippen molar-refractivity contribution in [2.75, 3.05) is 7.11 Å². The largest absolute Gasteiger partial charge is 0.469 e. The smallest absolute Gasteiger partial charge is 0.313 e. The second-order valence-corrected chi connectivity index (χ2v) is 11.2. The highest BCUT2D eigenvalue weighted by Gasteiger charge is 2.52. The van der Waals surface area contributed by atoms with E-state index in [1.54, 1.807) is 9.80 Å². The van der Waals surface area contributed by atoms with E-state index in [0.717, 1.165) is 16.7 Å². The van der Waals surface area contributed by atoms with E-state index in [-0.39, 0.29) is 17.8 Å². The molecule has 2 fully saturated rings. The summed E-state index contributed by atoms with van der Waals surface area (Å²) in [5, 5.41) is 3.62. The molecular formula is C33H37N3O4. The molecule has 3 aromatic rings. The summed E-state index contributed by atoms with van der Waals surface area (Å²) in [7, 11) is 1.39. The minimum atomic E-state index is -0.917. The fourth-order valence-corrected chi connectivity index (χ4v) is 6.12. The molecule has 0 aromatic heterocycles. The maximum absolute atomic E-state index is 14.3. The first-order valence-corrected chi connectivity index (χ1v) is 13.9. The number of hydrogen-bond acceptors (Lipinski definition) is 5. The number of nitrogens with one attached hydrogen (secondary N) is 1. The molecule has 2 amide bonds. The SMILES string of the molecule is COC(=O)C(C)(C)[C@@H](N[C@@H]1CC[C@@H]2C(=O)N(Cc3ccccc3)[C@@H](Cc3ccccc3)C(=O)N21)c1ccccc1. The van der Waals surface area contributed by atoms with Crippen molar-refractivity contribution in [3.05, 3.63) is 108 Å². The van der Waals surface area contributed by atoms with Crippen LogP contribution in [0.3, 0.4) is 0 Å². The first-order chi connectivity index (χ1) is 19.3. The molecule has 0 radical (unpaired) electrons. The molecule has 4 atom stereocenters. The lowest BCUT2D eigenvalue weighted by Crippen LogP contribution is -2.66. The third-order valence-electron chi connectivity index (χ3n) is 8.26. The first-order valence-electron chi connectivity index (χ1n) is 13.9. The summed E-state index contributed by atoms with van der Waals surface area (Å²) in [4.78, 5) is 44.8. The van der Waals surface area contributed by atoms with Crippen LogP contribution in [0.5, 0.6) is 0 Å². The summed E-state index contributed by atoms with van der Waals surface area (Å²) in [6.45, 7) is 4.07. The van der Waals surface area contributed by atoms with E-state index in [4.69, 9.17) is 4.74 Å². The highest BCUT2D eigenvalue weighted by molar-refractivity contribution is 5.98. The van der Waals surface area contributed by atoms with Gasteiger partial charge in [-0.05, 0) is 43.4 Å². The van der Waals surface area contributed by atoms with Crippen molar-refractivity contribution in [2.24, 2.45) is 5.41 Å². The van der Waals surface area contributed by atoms with Crippen molar-refractivity contribution in [2.45, 2.75) is 63.9 Å². The van der Waals surface area contributed by atoms with Crippen molar-refractivity contribution in [1.82, 2.24) is 15.1 Å². The number of amides is 2. The van der Waals surface area contributed by atoms with Gasteiger partial charge in [-0.1, -0.05) is 91.0 Å². The van der Waals surface area contributed by atoms with Crippen molar-refractivity contribution in [3.8, 4) is 0 Å². The van der Waals surface area contributed by atoms with E-state index in [1.165, 1.54) is 7.11 Å². The molecule has 208 valence electrons. The maximum atomic E-state index is 14.3. The summed E-state index contributed by atoms with van der Waals surface area (Å²) in [6.07, 6.45) is 1.21. The fraction of sp³-hybridized carbons (Fsp3) is 0.364. The van der Waals surface area contributed by atoms with Gasteiger partial charge in [0.05, 0.1) is 18.7 Å². The molecule has 3 aromatic carbocycles. The highest BCUT2D eigenvalue weighted by atomic mass is 16.5. The number of carbonyl (C=O) groups is 3. The first kappa shape index (κ1) is 27.6. The van der Waals surface area contributed by atoms with E-state index in [2.05, 4.69) is 5.32 Å². The third-order valence-corrected chi connectivity index (χ3v) is 8.26. The summed E-state index contributed by atoms with van der Waals surface area (Å²) in [6, 6.07) is 27.8. The van der Waals surface area contributed by atoms with Gasteiger partial charge in [0.25, 0.3) is 0 Å². The van der Waals surface area contributed by atoms with Crippen LogP contribution in [0.25, 0.3) is 0 Å². The minimum Gasteiger partial charge on any atom is -0.469 e. The normalized spacial score (nSPS) is 21.7. The number of nitrogens with zero attached hydrogens (tertiary/aromatic N) is 2. The molecule has 2 aliphatic heterocycles. The lowest BCUT2D eigenvalue weighted by atomic mass is 9.80. The second-order valence-electron chi connectivity index (χ2n) is 11.2. The molecule has 0 saturated carbocycles. The number of fused-ring (bicyclic) bond motifs is 1. The minimum absolute atomic E-state index is 0.0304. The van der Waals surface area contributed by atoms with Crippen LogP contribution in [0.1, 0.15) is 49.4 Å². The van der Waals surface area contributed by atoms with Crippen molar-refractivity contribution >= 4 is 17.8 Å². The standard InChI is InChI=1S/C33H37N3O4/c1-33(2,32(39)40-3)29(25-17-11-6-12-18-25)34-28-20-19-26-30(37)35(22-24-15-9-5-10-16-24)27(31(38)36(26)28)21-23-13-7-4-8-14-23/h4-18,26-29,34H,19-22H2,1-3H3/t26-,27+,28+,29+/m1/s1. The van der Waals surface area contributed by atoms with Crippen LogP contribution >= 0.6 is 0 Å². The fourth-order valence-electron chi connectivity index (χ4n) is 6.12. The number of piperazine rings is 1. The summed E-state index contributed by atoms with van der Waals surface area (Å²) >= 11 is 0. The van der Waals surface area contributed by atoms with Crippen molar-refractivity contribution in [1.29, 1.82) is 0 Å². The predicted molar refractivity (Wildman–Crippen MR) is 153 cm³/mol. The Kier molecular flexibility index (Phi) is 8.03. The molecule has 0 aliphatic carbocycles. The summed E-state index contributed by atoms with van der Waals surface area (Å²) in [5.74, 6) is -0.445. The van der Waals surface area contributed by atoms with E-state index in [1.807, 2.05) is 105 Å². The van der Waals surface area contributed by atoms with Gasteiger partial charge >= 0.3 is 5.97 Å². The molecule has 7 nitrogen and oxygen atoms in total. The Bertz CT molecular complexity index is 1330. The Balaban J connectivity index is 1.47. The van der Waals surface area contributed by atoms with Gasteiger partial charge in [0, 0.05) is 19.0 Å². The average Bonchev–Trinajstić information content (AvgIpc) is 3.41. The van der Waals surface area contributed by atoms with E-state index < -0.39 is 29.7 Å². The Morgan fingerprint density at radius 1 is 0.875 bits per heavy atom. The summed E-state index contributed by atoms with van der Waals surface area (Å²) in [5.41, 5.74) is 2.00.